The molecule has 0 spiro atoms. The molecule has 1 aliphatic heterocycles. The molecule has 2 atom stereocenters. The predicted molar refractivity (Wildman–Crippen MR) is 112 cm³/mol. The molecule has 3 rings (SSSR count). The van der Waals surface area contributed by atoms with Crippen LogP contribution in [0.25, 0.3) is 0 Å². The molecule has 5 heteroatoms. The molecule has 2 aromatic rings. The van der Waals surface area contributed by atoms with E-state index < -0.39 is 0 Å². The van der Waals surface area contributed by atoms with Crippen LogP contribution in [-0.4, -0.2) is 46.6 Å². The number of likely N-dealkylation sites (tertiary alicyclic amines) is 1. The molecule has 0 amide bonds. The van der Waals surface area contributed by atoms with E-state index in [4.69, 9.17) is 4.99 Å². The van der Waals surface area contributed by atoms with Crippen molar-refractivity contribution >= 4 is 5.96 Å². The van der Waals surface area contributed by atoms with Gasteiger partial charge in [0.15, 0.2) is 5.96 Å². The first kappa shape index (κ1) is 19.5. The standard InChI is InChI=1S/C22H33N5/c1-3-19-17-27(15-11-21(19)20-9-6-5-7-10-20)22(24-4-2)25-12-8-14-26-16-13-23-18-26/h5-7,9-10,13,16,18-19,21H,3-4,8,11-12,14-15,17H2,1-2H3,(H,24,25). The molecule has 1 N–H and O–H groups in total. The van der Waals surface area contributed by atoms with E-state index in [0.29, 0.717) is 11.8 Å². The number of guanidine groups is 1. The molecule has 1 fully saturated rings. The maximum atomic E-state index is 4.90. The average Bonchev–Trinajstić information content (AvgIpc) is 3.24. The number of benzene rings is 1. The zero-order valence-corrected chi connectivity index (χ0v) is 16.7. The summed E-state index contributed by atoms with van der Waals surface area (Å²) in [5, 5.41) is 3.50. The van der Waals surface area contributed by atoms with Crippen molar-refractivity contribution in [1.82, 2.24) is 19.8 Å². The fraction of sp³-hybridized carbons (Fsp3) is 0.545. The molecule has 0 bridgehead atoms. The number of imidazole rings is 1. The van der Waals surface area contributed by atoms with Crippen molar-refractivity contribution < 1.29 is 0 Å². The van der Waals surface area contributed by atoms with Crippen molar-refractivity contribution in [2.45, 2.75) is 45.6 Å². The van der Waals surface area contributed by atoms with Gasteiger partial charge in [-0.1, -0.05) is 43.7 Å². The molecule has 2 unspecified atom stereocenters. The quantitative estimate of drug-likeness (QED) is 0.460. The number of nitrogens with zero attached hydrogens (tertiary/aromatic N) is 4. The molecular weight excluding hydrogens is 334 g/mol. The normalized spacial score (nSPS) is 20.7. The lowest BCUT2D eigenvalue weighted by atomic mass is 9.79. The van der Waals surface area contributed by atoms with E-state index in [-0.39, 0.29) is 0 Å². The van der Waals surface area contributed by atoms with Crippen LogP contribution >= 0.6 is 0 Å². The Morgan fingerprint density at radius 1 is 1.26 bits per heavy atom. The number of hydrogen-bond donors (Lipinski definition) is 1. The van der Waals surface area contributed by atoms with Crippen LogP contribution in [0.2, 0.25) is 0 Å². The van der Waals surface area contributed by atoms with Crippen molar-refractivity contribution in [3.8, 4) is 0 Å². The molecule has 0 saturated carbocycles. The molecule has 1 saturated heterocycles. The SMILES string of the molecule is CCNC(=NCCCn1ccnc1)N1CCC(c2ccccc2)C(CC)C1. The third kappa shape index (κ3) is 5.34. The average molecular weight is 368 g/mol. The van der Waals surface area contributed by atoms with Crippen LogP contribution in [0, 0.1) is 5.92 Å². The Balaban J connectivity index is 1.59. The number of aryl methyl sites for hydroxylation is 1. The fourth-order valence-electron chi connectivity index (χ4n) is 4.06. The number of nitrogens with one attached hydrogen (secondary N) is 1. The van der Waals surface area contributed by atoms with Crippen molar-refractivity contribution in [1.29, 1.82) is 0 Å². The van der Waals surface area contributed by atoms with E-state index in [0.717, 1.165) is 45.1 Å². The topological polar surface area (TPSA) is 45.5 Å². The molecule has 2 heterocycles. The van der Waals surface area contributed by atoms with Crippen LogP contribution in [0.3, 0.4) is 0 Å². The van der Waals surface area contributed by atoms with Crippen LogP contribution in [0.5, 0.6) is 0 Å². The van der Waals surface area contributed by atoms with Crippen molar-refractivity contribution in [2.24, 2.45) is 10.9 Å². The summed E-state index contributed by atoms with van der Waals surface area (Å²) in [5.74, 6) is 2.42. The zero-order valence-electron chi connectivity index (χ0n) is 16.7. The highest BCUT2D eigenvalue weighted by atomic mass is 15.3. The summed E-state index contributed by atoms with van der Waals surface area (Å²) >= 11 is 0. The van der Waals surface area contributed by atoms with Crippen LogP contribution in [0.4, 0.5) is 0 Å². The van der Waals surface area contributed by atoms with Gasteiger partial charge in [-0.15, -0.1) is 0 Å². The minimum Gasteiger partial charge on any atom is -0.357 e. The third-order valence-corrected chi connectivity index (χ3v) is 5.52. The van der Waals surface area contributed by atoms with Gasteiger partial charge >= 0.3 is 0 Å². The Labute approximate surface area is 163 Å². The first-order valence-corrected chi connectivity index (χ1v) is 10.4. The maximum Gasteiger partial charge on any atom is 0.193 e. The summed E-state index contributed by atoms with van der Waals surface area (Å²) < 4.78 is 2.11. The van der Waals surface area contributed by atoms with E-state index in [1.165, 1.54) is 18.4 Å². The van der Waals surface area contributed by atoms with Gasteiger partial charge in [0.25, 0.3) is 0 Å². The van der Waals surface area contributed by atoms with Gasteiger partial charge in [-0.05, 0) is 37.2 Å². The van der Waals surface area contributed by atoms with Gasteiger partial charge in [-0.2, -0.15) is 0 Å². The molecular formula is C22H33N5. The first-order valence-electron chi connectivity index (χ1n) is 10.4. The second-order valence-corrected chi connectivity index (χ2v) is 7.31. The molecule has 5 nitrogen and oxygen atoms in total. The van der Waals surface area contributed by atoms with Gasteiger partial charge < -0.3 is 14.8 Å². The summed E-state index contributed by atoms with van der Waals surface area (Å²) in [4.78, 5) is 11.5. The molecule has 1 aromatic carbocycles. The Morgan fingerprint density at radius 2 is 2.11 bits per heavy atom. The Kier molecular flexibility index (Phi) is 7.31. The minimum atomic E-state index is 0.663. The lowest BCUT2D eigenvalue weighted by Gasteiger charge is -2.40. The van der Waals surface area contributed by atoms with Crippen LogP contribution in [-0.2, 0) is 6.54 Å². The lowest BCUT2D eigenvalue weighted by Crippen LogP contribution is -2.48. The van der Waals surface area contributed by atoms with Gasteiger partial charge in [0.1, 0.15) is 0 Å². The third-order valence-electron chi connectivity index (χ3n) is 5.52. The predicted octanol–water partition coefficient (Wildman–Crippen LogP) is 3.75. The summed E-state index contributed by atoms with van der Waals surface area (Å²) in [6.07, 6.45) is 9.14. The van der Waals surface area contributed by atoms with Crippen LogP contribution < -0.4 is 5.32 Å². The molecule has 0 aliphatic carbocycles. The van der Waals surface area contributed by atoms with Crippen molar-refractivity contribution in [3.05, 3.63) is 54.6 Å². The molecule has 1 aliphatic rings. The lowest BCUT2D eigenvalue weighted by molar-refractivity contribution is 0.215. The van der Waals surface area contributed by atoms with Gasteiger partial charge in [0.2, 0.25) is 0 Å². The number of aromatic nitrogens is 2. The number of aliphatic imine (C=N–C) groups is 1. The number of rotatable bonds is 7. The van der Waals surface area contributed by atoms with Crippen LogP contribution in [0.15, 0.2) is 54.0 Å². The minimum absolute atomic E-state index is 0.663. The van der Waals surface area contributed by atoms with Gasteiger partial charge in [-0.3, -0.25) is 4.99 Å². The van der Waals surface area contributed by atoms with Gasteiger partial charge in [0.05, 0.1) is 6.33 Å². The number of hydrogen-bond acceptors (Lipinski definition) is 2. The highest BCUT2D eigenvalue weighted by Crippen LogP contribution is 2.34. The maximum absolute atomic E-state index is 4.90. The summed E-state index contributed by atoms with van der Waals surface area (Å²) in [6, 6.07) is 11.0. The Hall–Kier alpha value is -2.30. The van der Waals surface area contributed by atoms with Gasteiger partial charge in [0, 0.05) is 45.1 Å². The van der Waals surface area contributed by atoms with Crippen molar-refractivity contribution in [2.75, 3.05) is 26.2 Å². The van der Waals surface area contributed by atoms with E-state index in [2.05, 4.69) is 63.9 Å². The molecule has 146 valence electrons. The van der Waals surface area contributed by atoms with E-state index in [1.807, 2.05) is 18.7 Å². The van der Waals surface area contributed by atoms with Crippen molar-refractivity contribution in [3.63, 3.8) is 0 Å². The highest BCUT2D eigenvalue weighted by Gasteiger charge is 2.30. The zero-order chi connectivity index (χ0) is 18.9. The van der Waals surface area contributed by atoms with E-state index in [9.17, 15) is 0 Å². The van der Waals surface area contributed by atoms with E-state index >= 15 is 0 Å². The largest absolute Gasteiger partial charge is 0.357 e. The molecule has 0 radical (unpaired) electrons. The summed E-state index contributed by atoms with van der Waals surface area (Å²) in [7, 11) is 0. The summed E-state index contributed by atoms with van der Waals surface area (Å²) in [5.41, 5.74) is 1.49. The van der Waals surface area contributed by atoms with Gasteiger partial charge in [-0.25, -0.2) is 4.98 Å². The molecule has 1 aromatic heterocycles. The van der Waals surface area contributed by atoms with Crippen LogP contribution in [0.1, 0.15) is 44.6 Å². The Morgan fingerprint density at radius 3 is 2.81 bits per heavy atom. The monoisotopic (exact) mass is 367 g/mol. The number of piperidine rings is 1. The van der Waals surface area contributed by atoms with E-state index in [1.54, 1.807) is 0 Å². The second kappa shape index (κ2) is 10.1. The Bertz CT molecular complexity index is 680. The summed E-state index contributed by atoms with van der Waals surface area (Å²) in [6.45, 7) is 9.35. The first-order chi connectivity index (χ1) is 13.3. The highest BCUT2D eigenvalue weighted by molar-refractivity contribution is 5.80. The smallest absolute Gasteiger partial charge is 0.193 e. The fourth-order valence-corrected chi connectivity index (χ4v) is 4.06. The second-order valence-electron chi connectivity index (χ2n) is 7.31. The molecule has 27 heavy (non-hydrogen) atoms.